The largest absolute Gasteiger partial charge is 0.462 e. The lowest BCUT2D eigenvalue weighted by molar-refractivity contribution is 0.0525. The average Bonchev–Trinajstić information content (AvgIpc) is 3.12. The van der Waals surface area contributed by atoms with Gasteiger partial charge in [-0.1, -0.05) is 30.3 Å². The molecule has 4 aromatic rings. The number of fused-ring (bicyclic) bond motifs is 3. The zero-order valence-corrected chi connectivity index (χ0v) is 16.1. The highest BCUT2D eigenvalue weighted by atomic mass is 16.5. The average molecular weight is 405 g/mol. The van der Waals surface area contributed by atoms with E-state index in [4.69, 9.17) is 20.8 Å². The van der Waals surface area contributed by atoms with Crippen LogP contribution < -0.4 is 22.7 Å². The van der Waals surface area contributed by atoms with Crippen molar-refractivity contribution >= 4 is 33.9 Å². The van der Waals surface area contributed by atoms with Crippen LogP contribution in [0.25, 0.3) is 33.2 Å². The molecule has 2 aromatic heterocycles. The van der Waals surface area contributed by atoms with Crippen LogP contribution in [0.5, 0.6) is 0 Å². The fourth-order valence-corrected chi connectivity index (χ4v) is 3.44. The number of ether oxygens (including phenoxy) is 1. The van der Waals surface area contributed by atoms with Crippen LogP contribution in [-0.4, -0.2) is 23.4 Å². The SMILES string of the molecule is CCOC(=O)c1c(-c2cccc(C(=NN)NN)c2)c2oc3ccccc3c2[nH]c1=O. The third kappa shape index (κ3) is 3.07. The number of nitrogens with one attached hydrogen (secondary N) is 2. The van der Waals surface area contributed by atoms with Gasteiger partial charge in [-0.15, -0.1) is 0 Å². The van der Waals surface area contributed by atoms with Gasteiger partial charge in [-0.05, 0) is 30.7 Å². The van der Waals surface area contributed by atoms with E-state index in [1.807, 2.05) is 18.2 Å². The number of para-hydroxylation sites is 1. The Morgan fingerprint density at radius 1 is 1.23 bits per heavy atom. The van der Waals surface area contributed by atoms with Crippen LogP contribution in [0.1, 0.15) is 22.8 Å². The van der Waals surface area contributed by atoms with Crippen LogP contribution in [0.3, 0.4) is 0 Å². The molecule has 0 aliphatic carbocycles. The molecule has 0 aliphatic rings. The predicted octanol–water partition coefficient (Wildman–Crippen LogP) is 2.20. The van der Waals surface area contributed by atoms with Crippen LogP contribution >= 0.6 is 0 Å². The number of hydrazine groups is 1. The highest BCUT2D eigenvalue weighted by Gasteiger charge is 2.25. The Labute approximate surface area is 170 Å². The number of nitrogens with two attached hydrogens (primary N) is 2. The molecule has 0 bridgehead atoms. The number of H-pyrrole nitrogens is 1. The molecular weight excluding hydrogens is 386 g/mol. The number of hydrogen-bond donors (Lipinski definition) is 4. The quantitative estimate of drug-likeness (QED) is 0.134. The maximum Gasteiger partial charge on any atom is 0.344 e. The number of pyridine rings is 1. The number of carbonyl (C=O) groups excluding carboxylic acids is 1. The van der Waals surface area contributed by atoms with Crippen molar-refractivity contribution in [2.24, 2.45) is 16.8 Å². The Bertz CT molecular complexity index is 1350. The van der Waals surface area contributed by atoms with E-state index in [2.05, 4.69) is 15.5 Å². The summed E-state index contributed by atoms with van der Waals surface area (Å²) in [6.07, 6.45) is 0. The highest BCUT2D eigenvalue weighted by Crippen LogP contribution is 2.36. The Balaban J connectivity index is 2.11. The third-order valence-electron chi connectivity index (χ3n) is 4.71. The summed E-state index contributed by atoms with van der Waals surface area (Å²) in [5, 5.41) is 4.34. The van der Waals surface area contributed by atoms with Gasteiger partial charge in [-0.3, -0.25) is 4.79 Å². The molecule has 0 saturated carbocycles. The van der Waals surface area contributed by atoms with Crippen LogP contribution in [0, 0.1) is 0 Å². The topological polar surface area (TPSA) is 149 Å². The van der Waals surface area contributed by atoms with Gasteiger partial charge in [0, 0.05) is 16.5 Å². The second-order valence-corrected chi connectivity index (χ2v) is 6.43. The molecule has 30 heavy (non-hydrogen) atoms. The number of amidine groups is 1. The minimum Gasteiger partial charge on any atom is -0.462 e. The van der Waals surface area contributed by atoms with Gasteiger partial charge in [0.1, 0.15) is 11.1 Å². The van der Waals surface area contributed by atoms with E-state index < -0.39 is 11.5 Å². The molecule has 2 heterocycles. The first-order valence-electron chi connectivity index (χ1n) is 9.19. The number of hydrogen-bond acceptors (Lipinski definition) is 7. The molecule has 0 spiro atoms. The fraction of sp³-hybridized carbons (Fsp3) is 0.0952. The van der Waals surface area contributed by atoms with Crippen molar-refractivity contribution in [1.29, 1.82) is 0 Å². The summed E-state index contributed by atoms with van der Waals surface area (Å²) in [6.45, 7) is 1.79. The van der Waals surface area contributed by atoms with Crippen molar-refractivity contribution in [2.75, 3.05) is 6.61 Å². The van der Waals surface area contributed by atoms with Gasteiger partial charge >= 0.3 is 5.97 Å². The van der Waals surface area contributed by atoms with E-state index >= 15 is 0 Å². The number of aromatic nitrogens is 1. The molecule has 0 unspecified atom stereocenters. The van der Waals surface area contributed by atoms with Crippen LogP contribution in [0.2, 0.25) is 0 Å². The van der Waals surface area contributed by atoms with E-state index in [0.29, 0.717) is 33.4 Å². The van der Waals surface area contributed by atoms with Gasteiger partial charge in [0.25, 0.3) is 5.56 Å². The summed E-state index contributed by atoms with van der Waals surface area (Å²) >= 11 is 0. The van der Waals surface area contributed by atoms with Gasteiger partial charge in [0.2, 0.25) is 0 Å². The number of furan rings is 1. The van der Waals surface area contributed by atoms with Crippen molar-refractivity contribution < 1.29 is 13.9 Å². The normalized spacial score (nSPS) is 11.7. The lowest BCUT2D eigenvalue weighted by atomic mass is 9.97. The molecule has 0 saturated heterocycles. The molecule has 6 N–H and O–H groups in total. The van der Waals surface area contributed by atoms with Gasteiger partial charge in [-0.25, -0.2) is 10.6 Å². The van der Waals surface area contributed by atoms with E-state index in [1.165, 1.54) is 0 Å². The summed E-state index contributed by atoms with van der Waals surface area (Å²) in [4.78, 5) is 28.4. The molecule has 0 aliphatic heterocycles. The molecule has 0 amide bonds. The van der Waals surface area contributed by atoms with Gasteiger partial charge < -0.3 is 25.4 Å². The van der Waals surface area contributed by atoms with Crippen molar-refractivity contribution in [2.45, 2.75) is 6.92 Å². The number of hydrazone groups is 1. The van der Waals surface area contributed by atoms with Crippen molar-refractivity contribution in [3.05, 3.63) is 70.0 Å². The summed E-state index contributed by atoms with van der Waals surface area (Å²) in [6, 6.07) is 14.2. The predicted molar refractivity (Wildman–Crippen MR) is 114 cm³/mol. The van der Waals surface area contributed by atoms with E-state index in [9.17, 15) is 9.59 Å². The Morgan fingerprint density at radius 2 is 2.03 bits per heavy atom. The Kier molecular flexibility index (Phi) is 4.95. The van der Waals surface area contributed by atoms with E-state index in [-0.39, 0.29) is 18.0 Å². The smallest absolute Gasteiger partial charge is 0.344 e. The summed E-state index contributed by atoms with van der Waals surface area (Å²) in [5.41, 5.74) is 4.56. The summed E-state index contributed by atoms with van der Waals surface area (Å²) in [7, 11) is 0. The minimum absolute atomic E-state index is 0.122. The third-order valence-corrected chi connectivity index (χ3v) is 4.71. The molecular formula is C21H19N5O4. The van der Waals surface area contributed by atoms with Crippen LogP contribution in [-0.2, 0) is 4.74 Å². The Morgan fingerprint density at radius 3 is 2.77 bits per heavy atom. The first-order valence-corrected chi connectivity index (χ1v) is 9.19. The van der Waals surface area contributed by atoms with Crippen molar-refractivity contribution in [3.63, 3.8) is 0 Å². The molecule has 0 fully saturated rings. The number of benzene rings is 2. The van der Waals surface area contributed by atoms with Crippen LogP contribution in [0.4, 0.5) is 0 Å². The monoisotopic (exact) mass is 405 g/mol. The standard InChI is InChI=1S/C21H19N5O4/c1-2-29-21(28)16-15(11-6-5-7-12(10-11)19(25-22)26-23)18-17(24-20(16)27)13-8-3-4-9-14(13)30-18/h3-10H,2,22-23H2,1H3,(H,24,27)(H,25,26). The molecule has 2 aromatic carbocycles. The molecule has 0 radical (unpaired) electrons. The molecule has 9 heteroatoms. The zero-order chi connectivity index (χ0) is 21.3. The number of esters is 1. The number of nitrogens with zero attached hydrogens (tertiary/aromatic N) is 1. The number of carbonyl (C=O) groups is 1. The second-order valence-electron chi connectivity index (χ2n) is 6.43. The summed E-state index contributed by atoms with van der Waals surface area (Å²) < 4.78 is 11.2. The first-order chi connectivity index (χ1) is 14.6. The minimum atomic E-state index is -0.744. The number of rotatable bonds is 4. The van der Waals surface area contributed by atoms with Crippen molar-refractivity contribution in [1.82, 2.24) is 10.4 Å². The van der Waals surface area contributed by atoms with Gasteiger partial charge in [0.15, 0.2) is 11.4 Å². The van der Waals surface area contributed by atoms with Gasteiger partial charge in [0.05, 0.1) is 12.1 Å². The lowest BCUT2D eigenvalue weighted by Gasteiger charge is -2.11. The van der Waals surface area contributed by atoms with Crippen molar-refractivity contribution in [3.8, 4) is 11.1 Å². The second kappa shape index (κ2) is 7.72. The molecule has 4 rings (SSSR count). The fourth-order valence-electron chi connectivity index (χ4n) is 3.44. The first kappa shape index (κ1) is 19.2. The molecule has 0 atom stereocenters. The van der Waals surface area contributed by atoms with E-state index in [1.54, 1.807) is 37.3 Å². The van der Waals surface area contributed by atoms with Gasteiger partial charge in [-0.2, -0.15) is 5.10 Å². The number of aromatic amines is 1. The zero-order valence-electron chi connectivity index (χ0n) is 16.1. The highest BCUT2D eigenvalue weighted by molar-refractivity contribution is 6.12. The van der Waals surface area contributed by atoms with E-state index in [0.717, 1.165) is 5.39 Å². The molecule has 152 valence electrons. The van der Waals surface area contributed by atoms with Crippen LogP contribution in [0.15, 0.2) is 62.8 Å². The molecule has 9 nitrogen and oxygen atoms in total. The Hall–Kier alpha value is -4.11. The summed E-state index contributed by atoms with van der Waals surface area (Å²) in [5.74, 6) is 10.4. The maximum absolute atomic E-state index is 12.9. The maximum atomic E-state index is 12.9. The lowest BCUT2D eigenvalue weighted by Crippen LogP contribution is -2.32.